The van der Waals surface area contributed by atoms with Gasteiger partial charge in [0.05, 0.1) is 12.1 Å². The third-order valence-electron chi connectivity index (χ3n) is 3.47. The topological polar surface area (TPSA) is 75.4 Å². The molecule has 0 aromatic rings. The number of rotatable bonds is 1. The first-order valence-corrected chi connectivity index (χ1v) is 5.97. The van der Waals surface area contributed by atoms with Gasteiger partial charge in [-0.1, -0.05) is 12.8 Å². The lowest BCUT2D eigenvalue weighted by atomic mass is 9.97. The standard InChI is InChI=1S/C11H19N3O2/c12-11(4-1-2-5-11)10(16)14-7-3-6-13-9(15)8-14/h1-8,12H2,(H,13,15). The molecule has 2 fully saturated rings. The molecule has 5 nitrogen and oxygen atoms in total. The lowest BCUT2D eigenvalue weighted by molar-refractivity contribution is -0.139. The molecular weight excluding hydrogens is 206 g/mol. The average Bonchev–Trinajstić information content (AvgIpc) is 2.58. The maximum Gasteiger partial charge on any atom is 0.243 e. The third-order valence-corrected chi connectivity index (χ3v) is 3.47. The van der Waals surface area contributed by atoms with Crippen LogP contribution in [0.25, 0.3) is 0 Å². The number of amides is 2. The van der Waals surface area contributed by atoms with Crippen LogP contribution < -0.4 is 11.1 Å². The smallest absolute Gasteiger partial charge is 0.243 e. The number of carbonyl (C=O) groups is 2. The summed E-state index contributed by atoms with van der Waals surface area (Å²) >= 11 is 0. The Kier molecular flexibility index (Phi) is 3.14. The Morgan fingerprint density at radius 2 is 2.00 bits per heavy atom. The van der Waals surface area contributed by atoms with E-state index in [-0.39, 0.29) is 18.4 Å². The van der Waals surface area contributed by atoms with E-state index in [2.05, 4.69) is 5.32 Å². The zero-order valence-electron chi connectivity index (χ0n) is 9.50. The fourth-order valence-corrected chi connectivity index (χ4v) is 2.51. The first kappa shape index (κ1) is 11.4. The van der Waals surface area contributed by atoms with Gasteiger partial charge in [-0.15, -0.1) is 0 Å². The normalized spacial score (nSPS) is 25.1. The van der Waals surface area contributed by atoms with Crippen LogP contribution in [0.2, 0.25) is 0 Å². The molecule has 0 aromatic carbocycles. The van der Waals surface area contributed by atoms with Crippen molar-refractivity contribution in [2.45, 2.75) is 37.6 Å². The van der Waals surface area contributed by atoms with Gasteiger partial charge in [0, 0.05) is 13.1 Å². The molecular formula is C11H19N3O2. The fraction of sp³-hybridized carbons (Fsp3) is 0.818. The lowest BCUT2D eigenvalue weighted by Gasteiger charge is -2.29. The van der Waals surface area contributed by atoms with Crippen LogP contribution in [0.15, 0.2) is 0 Å². The van der Waals surface area contributed by atoms with Gasteiger partial charge in [0.1, 0.15) is 0 Å². The summed E-state index contributed by atoms with van der Waals surface area (Å²) in [6.45, 7) is 1.45. The second-order valence-corrected chi connectivity index (χ2v) is 4.79. The van der Waals surface area contributed by atoms with Gasteiger partial charge in [-0.25, -0.2) is 0 Å². The Morgan fingerprint density at radius 1 is 1.31 bits per heavy atom. The van der Waals surface area contributed by atoms with Gasteiger partial charge in [0.15, 0.2) is 0 Å². The third kappa shape index (κ3) is 2.19. The summed E-state index contributed by atoms with van der Waals surface area (Å²) < 4.78 is 0. The molecule has 2 amide bonds. The fourth-order valence-electron chi connectivity index (χ4n) is 2.51. The Bertz CT molecular complexity index is 298. The monoisotopic (exact) mass is 225 g/mol. The molecule has 1 saturated heterocycles. The van der Waals surface area contributed by atoms with Crippen molar-refractivity contribution in [3.05, 3.63) is 0 Å². The van der Waals surface area contributed by atoms with Crippen LogP contribution in [-0.4, -0.2) is 41.9 Å². The number of hydrogen-bond acceptors (Lipinski definition) is 3. The van der Waals surface area contributed by atoms with Crippen molar-refractivity contribution in [1.82, 2.24) is 10.2 Å². The molecule has 0 unspecified atom stereocenters. The summed E-state index contributed by atoms with van der Waals surface area (Å²) in [5.41, 5.74) is 5.40. The Balaban J connectivity index is 2.05. The van der Waals surface area contributed by atoms with Crippen LogP contribution >= 0.6 is 0 Å². The van der Waals surface area contributed by atoms with Gasteiger partial charge in [-0.2, -0.15) is 0 Å². The van der Waals surface area contributed by atoms with Gasteiger partial charge in [-0.05, 0) is 19.3 Å². The Morgan fingerprint density at radius 3 is 2.69 bits per heavy atom. The van der Waals surface area contributed by atoms with Gasteiger partial charge in [0.25, 0.3) is 0 Å². The van der Waals surface area contributed by atoms with Gasteiger partial charge < -0.3 is 16.0 Å². The largest absolute Gasteiger partial charge is 0.354 e. The van der Waals surface area contributed by atoms with Crippen LogP contribution in [0.5, 0.6) is 0 Å². The molecule has 0 spiro atoms. The van der Waals surface area contributed by atoms with Crippen molar-refractivity contribution in [3.63, 3.8) is 0 Å². The van der Waals surface area contributed by atoms with Gasteiger partial charge >= 0.3 is 0 Å². The van der Waals surface area contributed by atoms with E-state index in [1.54, 1.807) is 4.90 Å². The number of nitrogens with two attached hydrogens (primary N) is 1. The highest BCUT2D eigenvalue weighted by molar-refractivity contribution is 5.90. The van der Waals surface area contributed by atoms with Crippen LogP contribution in [-0.2, 0) is 9.59 Å². The maximum atomic E-state index is 12.2. The molecule has 5 heteroatoms. The highest BCUT2D eigenvalue weighted by Gasteiger charge is 2.40. The van der Waals surface area contributed by atoms with Crippen molar-refractivity contribution in [2.24, 2.45) is 5.73 Å². The first-order valence-electron chi connectivity index (χ1n) is 5.97. The quantitative estimate of drug-likeness (QED) is 0.638. The molecule has 3 N–H and O–H groups in total. The summed E-state index contributed by atoms with van der Waals surface area (Å²) in [5.74, 6) is -0.116. The Hall–Kier alpha value is -1.10. The number of carbonyl (C=O) groups excluding carboxylic acids is 2. The van der Waals surface area contributed by atoms with E-state index < -0.39 is 5.54 Å². The zero-order valence-corrected chi connectivity index (χ0v) is 9.50. The van der Waals surface area contributed by atoms with Crippen molar-refractivity contribution >= 4 is 11.8 Å². The molecule has 1 saturated carbocycles. The minimum absolute atomic E-state index is 0.0398. The van der Waals surface area contributed by atoms with Crippen molar-refractivity contribution in [1.29, 1.82) is 0 Å². The minimum Gasteiger partial charge on any atom is -0.354 e. The summed E-state index contributed by atoms with van der Waals surface area (Å²) in [6, 6.07) is 0. The van der Waals surface area contributed by atoms with E-state index in [0.29, 0.717) is 13.1 Å². The van der Waals surface area contributed by atoms with E-state index >= 15 is 0 Å². The van der Waals surface area contributed by atoms with Gasteiger partial charge in [0.2, 0.25) is 11.8 Å². The number of nitrogens with one attached hydrogen (secondary N) is 1. The van der Waals surface area contributed by atoms with E-state index in [1.165, 1.54) is 0 Å². The second-order valence-electron chi connectivity index (χ2n) is 4.79. The molecule has 1 aliphatic carbocycles. The molecule has 16 heavy (non-hydrogen) atoms. The Labute approximate surface area is 95.3 Å². The molecule has 1 aliphatic heterocycles. The molecule has 0 atom stereocenters. The van der Waals surface area contributed by atoms with Crippen LogP contribution in [0, 0.1) is 0 Å². The van der Waals surface area contributed by atoms with E-state index in [1.807, 2.05) is 0 Å². The predicted molar refractivity (Wildman–Crippen MR) is 59.6 cm³/mol. The van der Waals surface area contributed by atoms with Crippen LogP contribution in [0.1, 0.15) is 32.1 Å². The van der Waals surface area contributed by atoms with Crippen molar-refractivity contribution in [2.75, 3.05) is 19.6 Å². The maximum absolute atomic E-state index is 12.2. The molecule has 0 bridgehead atoms. The lowest BCUT2D eigenvalue weighted by Crippen LogP contribution is -2.54. The van der Waals surface area contributed by atoms with Crippen LogP contribution in [0.3, 0.4) is 0 Å². The number of hydrogen-bond donors (Lipinski definition) is 2. The summed E-state index contributed by atoms with van der Waals surface area (Å²) in [6.07, 6.45) is 4.35. The molecule has 2 aliphatic rings. The van der Waals surface area contributed by atoms with E-state index in [4.69, 9.17) is 5.73 Å². The zero-order chi connectivity index (χ0) is 11.6. The summed E-state index contributed by atoms with van der Waals surface area (Å²) in [4.78, 5) is 25.2. The average molecular weight is 225 g/mol. The number of nitrogens with zero attached hydrogens (tertiary/aromatic N) is 1. The van der Waals surface area contributed by atoms with Gasteiger partial charge in [-0.3, -0.25) is 9.59 Å². The van der Waals surface area contributed by atoms with E-state index in [9.17, 15) is 9.59 Å². The molecule has 2 rings (SSSR count). The SMILES string of the molecule is NC1(C(=O)N2CCCNC(=O)C2)CCCC1. The van der Waals surface area contributed by atoms with Crippen molar-refractivity contribution in [3.8, 4) is 0 Å². The summed E-state index contributed by atoms with van der Waals surface area (Å²) in [7, 11) is 0. The molecule has 90 valence electrons. The van der Waals surface area contributed by atoms with Crippen molar-refractivity contribution < 1.29 is 9.59 Å². The van der Waals surface area contributed by atoms with E-state index in [0.717, 1.165) is 32.1 Å². The summed E-state index contributed by atoms with van der Waals surface area (Å²) in [5, 5.41) is 2.76. The van der Waals surface area contributed by atoms with Crippen LogP contribution in [0.4, 0.5) is 0 Å². The highest BCUT2D eigenvalue weighted by Crippen LogP contribution is 2.29. The molecule has 1 heterocycles. The predicted octanol–water partition coefficient (Wildman–Crippen LogP) is -0.394. The second kappa shape index (κ2) is 4.41. The highest BCUT2D eigenvalue weighted by atomic mass is 16.2. The molecule has 0 aromatic heterocycles. The first-order chi connectivity index (χ1) is 7.62. The molecule has 0 radical (unpaired) electrons. The minimum atomic E-state index is -0.704.